The van der Waals surface area contributed by atoms with Crippen LogP contribution in [0.25, 0.3) is 0 Å². The van der Waals surface area contributed by atoms with E-state index in [0.717, 1.165) is 30.9 Å². The molecule has 1 aromatic carbocycles. The van der Waals surface area contributed by atoms with Gasteiger partial charge in [0.05, 0.1) is 6.54 Å². The quantitative estimate of drug-likeness (QED) is 0.277. The summed E-state index contributed by atoms with van der Waals surface area (Å²) in [5.41, 5.74) is 0.985. The van der Waals surface area contributed by atoms with E-state index in [0.29, 0.717) is 24.2 Å². The van der Waals surface area contributed by atoms with Crippen molar-refractivity contribution in [3.05, 3.63) is 66.1 Å². The molecular weight excluding hydrogens is 458 g/mol. The summed E-state index contributed by atoms with van der Waals surface area (Å²) in [5, 5.41) is 6.71. The van der Waals surface area contributed by atoms with Gasteiger partial charge in [0, 0.05) is 24.8 Å². The van der Waals surface area contributed by atoms with Crippen molar-refractivity contribution in [2.24, 2.45) is 4.99 Å². The average molecular weight is 482 g/mol. The fourth-order valence-electron chi connectivity index (χ4n) is 2.65. The lowest BCUT2D eigenvalue weighted by Gasteiger charge is -2.16. The highest BCUT2D eigenvalue weighted by atomic mass is 127. The van der Waals surface area contributed by atoms with Crippen LogP contribution in [0.15, 0.2) is 59.7 Å². The van der Waals surface area contributed by atoms with E-state index in [1.54, 1.807) is 18.3 Å². The number of benzene rings is 1. The zero-order chi connectivity index (χ0) is 18.2. The van der Waals surface area contributed by atoms with Gasteiger partial charge in [-0.1, -0.05) is 12.2 Å². The van der Waals surface area contributed by atoms with Crippen molar-refractivity contribution < 1.29 is 9.13 Å². The summed E-state index contributed by atoms with van der Waals surface area (Å²) in [5.74, 6) is 1.51. The van der Waals surface area contributed by atoms with Crippen LogP contribution in [0.2, 0.25) is 0 Å². The largest absolute Gasteiger partial charge is 0.439 e. The molecule has 2 aromatic rings. The summed E-state index contributed by atoms with van der Waals surface area (Å²) in [6, 6.07) is 10.0. The van der Waals surface area contributed by atoms with Crippen molar-refractivity contribution in [1.82, 2.24) is 15.6 Å². The molecule has 1 aliphatic carbocycles. The Kier molecular flexibility index (Phi) is 8.50. The molecule has 0 saturated heterocycles. The molecule has 27 heavy (non-hydrogen) atoms. The third-order valence-corrected chi connectivity index (χ3v) is 3.95. The lowest BCUT2D eigenvalue weighted by Crippen LogP contribution is -2.42. The van der Waals surface area contributed by atoms with Crippen molar-refractivity contribution >= 4 is 29.9 Å². The lowest BCUT2D eigenvalue weighted by atomic mass is 10.2. The molecule has 5 nitrogen and oxygen atoms in total. The number of aliphatic imine (C=N–C) groups is 1. The van der Waals surface area contributed by atoms with E-state index in [2.05, 4.69) is 32.8 Å². The Bertz CT molecular complexity index is 772. The van der Waals surface area contributed by atoms with Gasteiger partial charge in [0.2, 0.25) is 5.88 Å². The van der Waals surface area contributed by atoms with E-state index < -0.39 is 0 Å². The molecule has 1 aliphatic rings. The highest BCUT2D eigenvalue weighted by Gasteiger charge is 2.11. The lowest BCUT2D eigenvalue weighted by molar-refractivity contribution is 0.460. The molecule has 0 atom stereocenters. The number of hydrogen-bond donors (Lipinski definition) is 2. The Morgan fingerprint density at radius 2 is 1.96 bits per heavy atom. The predicted octanol–water partition coefficient (Wildman–Crippen LogP) is 4.40. The van der Waals surface area contributed by atoms with Gasteiger partial charge in [-0.15, -0.1) is 24.0 Å². The van der Waals surface area contributed by atoms with E-state index in [-0.39, 0.29) is 29.8 Å². The molecule has 2 N–H and O–H groups in total. The molecule has 0 bridgehead atoms. The van der Waals surface area contributed by atoms with Crippen LogP contribution in [-0.4, -0.2) is 23.5 Å². The Hall–Kier alpha value is -2.16. The first-order valence-electron chi connectivity index (χ1n) is 8.81. The summed E-state index contributed by atoms with van der Waals surface area (Å²) in [6.07, 6.45) is 8.10. The zero-order valence-corrected chi connectivity index (χ0v) is 17.5. The Morgan fingerprint density at radius 3 is 2.67 bits per heavy atom. The van der Waals surface area contributed by atoms with Crippen molar-refractivity contribution in [1.29, 1.82) is 0 Å². The number of aromatic nitrogens is 1. The summed E-state index contributed by atoms with van der Waals surface area (Å²) < 4.78 is 18.6. The number of hydrogen-bond acceptors (Lipinski definition) is 3. The van der Waals surface area contributed by atoms with Crippen LogP contribution in [0.3, 0.4) is 0 Å². The number of nitrogens with one attached hydrogen (secondary N) is 2. The molecule has 1 heterocycles. The van der Waals surface area contributed by atoms with Gasteiger partial charge < -0.3 is 15.4 Å². The average Bonchev–Trinajstić information content (AvgIpc) is 3.15. The van der Waals surface area contributed by atoms with Gasteiger partial charge in [0.1, 0.15) is 11.6 Å². The summed E-state index contributed by atoms with van der Waals surface area (Å²) in [7, 11) is 0. The van der Waals surface area contributed by atoms with E-state index in [1.165, 1.54) is 12.1 Å². The molecule has 0 spiro atoms. The Balaban J connectivity index is 0.00000261. The standard InChI is InChI=1S/C20H23FN4O.HI/c1-2-22-20(25-17-5-3-4-6-17)24-14-15-11-12-23-19(13-15)26-18-9-7-16(21)8-10-18;/h3-4,7-13,17H,2,5-6,14H2,1H3,(H2,22,24,25);1H. The molecule has 0 unspecified atom stereocenters. The second-order valence-corrected chi connectivity index (χ2v) is 6.04. The van der Waals surface area contributed by atoms with Gasteiger partial charge in [-0.25, -0.2) is 14.4 Å². The van der Waals surface area contributed by atoms with Crippen LogP contribution in [0.5, 0.6) is 11.6 Å². The summed E-state index contributed by atoms with van der Waals surface area (Å²) in [4.78, 5) is 8.84. The van der Waals surface area contributed by atoms with Gasteiger partial charge >= 0.3 is 0 Å². The van der Waals surface area contributed by atoms with Gasteiger partial charge in [-0.05, 0) is 55.7 Å². The number of nitrogens with zero attached hydrogens (tertiary/aromatic N) is 2. The molecule has 3 rings (SSSR count). The number of guanidine groups is 1. The molecule has 0 aliphatic heterocycles. The third-order valence-electron chi connectivity index (χ3n) is 3.95. The van der Waals surface area contributed by atoms with Crippen LogP contribution in [-0.2, 0) is 6.54 Å². The van der Waals surface area contributed by atoms with Crippen molar-refractivity contribution in [3.63, 3.8) is 0 Å². The molecule has 7 heteroatoms. The second-order valence-electron chi connectivity index (χ2n) is 6.04. The number of ether oxygens (including phenoxy) is 1. The molecular formula is C20H24FIN4O. The van der Waals surface area contributed by atoms with Crippen LogP contribution >= 0.6 is 24.0 Å². The fourth-order valence-corrected chi connectivity index (χ4v) is 2.65. The molecule has 144 valence electrons. The van der Waals surface area contributed by atoms with Gasteiger partial charge in [0.15, 0.2) is 5.96 Å². The molecule has 0 radical (unpaired) electrons. The molecule has 0 fully saturated rings. The minimum atomic E-state index is -0.297. The first kappa shape index (κ1) is 21.1. The molecule has 0 amide bonds. The maximum Gasteiger partial charge on any atom is 0.219 e. The summed E-state index contributed by atoms with van der Waals surface area (Å²) >= 11 is 0. The summed E-state index contributed by atoms with van der Waals surface area (Å²) in [6.45, 7) is 3.37. The Labute approximate surface area is 176 Å². The molecule has 1 aromatic heterocycles. The topological polar surface area (TPSA) is 58.5 Å². The zero-order valence-electron chi connectivity index (χ0n) is 15.2. The highest BCUT2D eigenvalue weighted by Crippen LogP contribution is 2.20. The predicted molar refractivity (Wildman–Crippen MR) is 116 cm³/mol. The number of rotatable bonds is 6. The highest BCUT2D eigenvalue weighted by molar-refractivity contribution is 14.0. The SMILES string of the molecule is CCNC(=NCc1ccnc(Oc2ccc(F)cc2)c1)NC1CC=CC1.I. The number of pyridine rings is 1. The third kappa shape index (κ3) is 6.82. The van der Waals surface area contributed by atoms with E-state index in [1.807, 2.05) is 19.1 Å². The van der Waals surface area contributed by atoms with Crippen molar-refractivity contribution in [2.45, 2.75) is 32.4 Å². The number of halogens is 2. The van der Waals surface area contributed by atoms with Crippen LogP contribution < -0.4 is 15.4 Å². The van der Waals surface area contributed by atoms with Crippen molar-refractivity contribution in [2.75, 3.05) is 6.54 Å². The van der Waals surface area contributed by atoms with Crippen LogP contribution in [0.1, 0.15) is 25.3 Å². The van der Waals surface area contributed by atoms with Crippen molar-refractivity contribution in [3.8, 4) is 11.6 Å². The van der Waals surface area contributed by atoms with Gasteiger partial charge in [-0.2, -0.15) is 0 Å². The van der Waals surface area contributed by atoms with Crippen LogP contribution in [0, 0.1) is 5.82 Å². The fraction of sp³-hybridized carbons (Fsp3) is 0.300. The van der Waals surface area contributed by atoms with Gasteiger partial charge in [-0.3, -0.25) is 0 Å². The maximum atomic E-state index is 13.0. The van der Waals surface area contributed by atoms with E-state index >= 15 is 0 Å². The van der Waals surface area contributed by atoms with Crippen LogP contribution in [0.4, 0.5) is 4.39 Å². The van der Waals surface area contributed by atoms with Gasteiger partial charge in [0.25, 0.3) is 0 Å². The Morgan fingerprint density at radius 1 is 1.22 bits per heavy atom. The smallest absolute Gasteiger partial charge is 0.219 e. The first-order chi connectivity index (χ1) is 12.7. The normalized spacial score (nSPS) is 13.9. The first-order valence-corrected chi connectivity index (χ1v) is 8.81. The monoisotopic (exact) mass is 482 g/mol. The minimum absolute atomic E-state index is 0. The molecule has 0 saturated carbocycles. The van der Waals surface area contributed by atoms with E-state index in [9.17, 15) is 4.39 Å². The minimum Gasteiger partial charge on any atom is -0.439 e. The maximum absolute atomic E-state index is 13.0. The second kappa shape index (κ2) is 10.9. The van der Waals surface area contributed by atoms with E-state index in [4.69, 9.17) is 4.74 Å².